The number of morpholine rings is 1. The summed E-state index contributed by atoms with van der Waals surface area (Å²) in [7, 11) is 1.64. The first-order chi connectivity index (χ1) is 13.9. The number of hydrogen-bond donors (Lipinski definition) is 3. The zero-order valence-electron chi connectivity index (χ0n) is 18.1. The molecule has 1 aliphatic rings. The van der Waals surface area contributed by atoms with Gasteiger partial charge >= 0.3 is 0 Å². The predicted octanol–water partition coefficient (Wildman–Crippen LogP) is 1.10. The Hall–Kier alpha value is -2.03. The quantitative estimate of drug-likeness (QED) is 0.395. The smallest absolute Gasteiger partial charge is 0.191 e. The fourth-order valence-electron chi connectivity index (χ4n) is 3.05. The highest BCUT2D eigenvalue weighted by Gasteiger charge is 2.25. The summed E-state index contributed by atoms with van der Waals surface area (Å²) >= 11 is 0. The summed E-state index contributed by atoms with van der Waals surface area (Å²) in [5, 5.41) is 17.2. The normalized spacial score (nSPS) is 18.6. The van der Waals surface area contributed by atoms with Crippen molar-refractivity contribution in [2.45, 2.75) is 32.5 Å². The zero-order valence-corrected chi connectivity index (χ0v) is 18.1. The maximum absolute atomic E-state index is 10.7. The number of nitrogens with one attached hydrogen (secondary N) is 2. The molecule has 8 nitrogen and oxygen atoms in total. The Kier molecular flexibility index (Phi) is 9.50. The summed E-state index contributed by atoms with van der Waals surface area (Å²) in [6.45, 7) is 11.2. The van der Waals surface area contributed by atoms with Crippen LogP contribution in [0.5, 0.6) is 11.5 Å². The largest absolute Gasteiger partial charge is 0.497 e. The van der Waals surface area contributed by atoms with Crippen molar-refractivity contribution in [3.8, 4) is 11.5 Å². The van der Waals surface area contributed by atoms with E-state index >= 15 is 0 Å². The van der Waals surface area contributed by atoms with Gasteiger partial charge in [0.2, 0.25) is 0 Å². The minimum atomic E-state index is -0.898. The first-order valence-corrected chi connectivity index (χ1v) is 10.3. The second-order valence-electron chi connectivity index (χ2n) is 7.57. The van der Waals surface area contributed by atoms with Gasteiger partial charge < -0.3 is 30.0 Å². The van der Waals surface area contributed by atoms with Crippen LogP contribution in [0.4, 0.5) is 0 Å². The van der Waals surface area contributed by atoms with Crippen LogP contribution < -0.4 is 20.1 Å². The summed E-state index contributed by atoms with van der Waals surface area (Å²) in [6, 6.07) is 7.52. The summed E-state index contributed by atoms with van der Waals surface area (Å²) in [6.07, 6.45) is -0.0545. The second-order valence-corrected chi connectivity index (χ2v) is 7.57. The van der Waals surface area contributed by atoms with E-state index in [1.807, 2.05) is 45.0 Å². The third-order valence-electron chi connectivity index (χ3n) is 4.54. The second kappa shape index (κ2) is 11.8. The molecule has 1 heterocycles. The number of methoxy groups -OCH3 is 1. The molecule has 2 rings (SSSR count). The average Bonchev–Trinajstić information content (AvgIpc) is 2.71. The molecule has 0 aliphatic carbocycles. The third kappa shape index (κ3) is 8.89. The lowest BCUT2D eigenvalue weighted by atomic mass is 10.1. The molecular formula is C21H36N4O4. The number of rotatable bonds is 10. The molecular weight excluding hydrogens is 372 g/mol. The van der Waals surface area contributed by atoms with Gasteiger partial charge in [-0.1, -0.05) is 0 Å². The lowest BCUT2D eigenvalue weighted by Crippen LogP contribution is -2.48. The monoisotopic (exact) mass is 408 g/mol. The molecule has 29 heavy (non-hydrogen) atoms. The highest BCUT2D eigenvalue weighted by molar-refractivity contribution is 5.79. The van der Waals surface area contributed by atoms with Crippen molar-refractivity contribution in [3.05, 3.63) is 24.3 Å². The van der Waals surface area contributed by atoms with Gasteiger partial charge in [-0.05, 0) is 45.0 Å². The minimum Gasteiger partial charge on any atom is -0.497 e. The zero-order chi connectivity index (χ0) is 21.1. The van der Waals surface area contributed by atoms with Crippen molar-refractivity contribution >= 4 is 5.96 Å². The Morgan fingerprint density at radius 1 is 1.24 bits per heavy atom. The van der Waals surface area contributed by atoms with Crippen LogP contribution >= 0.6 is 0 Å². The minimum absolute atomic E-state index is 0.0545. The number of benzene rings is 1. The van der Waals surface area contributed by atoms with E-state index in [1.54, 1.807) is 7.11 Å². The summed E-state index contributed by atoms with van der Waals surface area (Å²) in [5.41, 5.74) is -0.898. The molecule has 3 N–H and O–H groups in total. The van der Waals surface area contributed by atoms with Gasteiger partial charge in [0.05, 0.1) is 39.0 Å². The van der Waals surface area contributed by atoms with Gasteiger partial charge in [-0.15, -0.1) is 0 Å². The molecule has 1 aromatic carbocycles. The van der Waals surface area contributed by atoms with Gasteiger partial charge in [-0.2, -0.15) is 0 Å². The van der Waals surface area contributed by atoms with Crippen LogP contribution in [0.1, 0.15) is 20.8 Å². The van der Waals surface area contributed by atoms with E-state index in [9.17, 15) is 5.11 Å². The van der Waals surface area contributed by atoms with E-state index in [0.29, 0.717) is 25.6 Å². The topological polar surface area (TPSA) is 87.6 Å². The summed E-state index contributed by atoms with van der Waals surface area (Å²) in [4.78, 5) is 6.78. The summed E-state index contributed by atoms with van der Waals surface area (Å²) < 4.78 is 16.4. The van der Waals surface area contributed by atoms with Crippen LogP contribution in [0.3, 0.4) is 0 Å². The van der Waals surface area contributed by atoms with Crippen LogP contribution in [0.25, 0.3) is 0 Å². The van der Waals surface area contributed by atoms with Crippen molar-refractivity contribution in [1.29, 1.82) is 0 Å². The first kappa shape index (κ1) is 23.3. The third-order valence-corrected chi connectivity index (χ3v) is 4.54. The SMILES string of the molecule is CCNC(=NCC(C)(O)CN1CCOCC1)NCC(C)Oc1ccc(OC)cc1. The molecule has 1 aromatic rings. The number of β-amino-alcohol motifs (C(OH)–C–C–N with tert-alkyl or cyclic N) is 1. The molecule has 0 amide bonds. The fourth-order valence-corrected chi connectivity index (χ4v) is 3.05. The van der Waals surface area contributed by atoms with Crippen LogP contribution in [-0.2, 0) is 4.74 Å². The van der Waals surface area contributed by atoms with Gasteiger partial charge in [0.25, 0.3) is 0 Å². The van der Waals surface area contributed by atoms with E-state index in [-0.39, 0.29) is 6.10 Å². The molecule has 1 saturated heterocycles. The van der Waals surface area contributed by atoms with Gasteiger partial charge in [0, 0.05) is 26.2 Å². The van der Waals surface area contributed by atoms with Crippen LogP contribution in [-0.4, -0.2) is 87.3 Å². The van der Waals surface area contributed by atoms with E-state index < -0.39 is 5.60 Å². The highest BCUT2D eigenvalue weighted by Crippen LogP contribution is 2.18. The van der Waals surface area contributed by atoms with Crippen molar-refractivity contribution in [2.75, 3.05) is 59.6 Å². The van der Waals surface area contributed by atoms with E-state index in [4.69, 9.17) is 14.2 Å². The van der Waals surface area contributed by atoms with E-state index in [0.717, 1.165) is 44.3 Å². The van der Waals surface area contributed by atoms with E-state index in [2.05, 4.69) is 20.5 Å². The molecule has 8 heteroatoms. The van der Waals surface area contributed by atoms with Gasteiger partial charge in [0.1, 0.15) is 17.6 Å². The van der Waals surface area contributed by atoms with E-state index in [1.165, 1.54) is 0 Å². The maximum atomic E-state index is 10.7. The number of guanidine groups is 1. The Bertz CT molecular complexity index is 616. The van der Waals surface area contributed by atoms with Gasteiger partial charge in [0.15, 0.2) is 5.96 Å². The Morgan fingerprint density at radius 2 is 1.90 bits per heavy atom. The lowest BCUT2D eigenvalue weighted by Gasteiger charge is -2.33. The number of aliphatic imine (C=N–C) groups is 1. The van der Waals surface area contributed by atoms with Gasteiger partial charge in [-0.25, -0.2) is 0 Å². The van der Waals surface area contributed by atoms with Crippen LogP contribution in [0, 0.1) is 0 Å². The molecule has 1 aliphatic heterocycles. The number of nitrogens with zero attached hydrogens (tertiary/aromatic N) is 2. The standard InChI is InChI=1S/C21H36N4O4/c1-5-22-20(24-15-21(3,26)16-25-10-12-28-13-11-25)23-14-17(2)29-19-8-6-18(27-4)7-9-19/h6-9,17,26H,5,10-16H2,1-4H3,(H2,22,23,24). The van der Waals surface area contributed by atoms with Gasteiger partial charge in [-0.3, -0.25) is 9.89 Å². The molecule has 0 saturated carbocycles. The Labute approximate surface area is 174 Å². The predicted molar refractivity (Wildman–Crippen MR) is 115 cm³/mol. The number of aliphatic hydroxyl groups is 1. The van der Waals surface area contributed by atoms with Crippen molar-refractivity contribution in [3.63, 3.8) is 0 Å². The fraction of sp³-hybridized carbons (Fsp3) is 0.667. The van der Waals surface area contributed by atoms with Crippen molar-refractivity contribution in [2.24, 2.45) is 4.99 Å². The number of ether oxygens (including phenoxy) is 3. The van der Waals surface area contributed by atoms with Crippen LogP contribution in [0.2, 0.25) is 0 Å². The first-order valence-electron chi connectivity index (χ1n) is 10.3. The number of hydrogen-bond acceptors (Lipinski definition) is 6. The highest BCUT2D eigenvalue weighted by atomic mass is 16.5. The molecule has 0 spiro atoms. The molecule has 164 valence electrons. The van der Waals surface area contributed by atoms with Crippen molar-refractivity contribution in [1.82, 2.24) is 15.5 Å². The maximum Gasteiger partial charge on any atom is 0.191 e. The lowest BCUT2D eigenvalue weighted by molar-refractivity contribution is -0.0180. The molecule has 0 aromatic heterocycles. The molecule has 0 radical (unpaired) electrons. The average molecular weight is 409 g/mol. The Balaban J connectivity index is 1.82. The Morgan fingerprint density at radius 3 is 2.52 bits per heavy atom. The van der Waals surface area contributed by atoms with Crippen molar-refractivity contribution < 1.29 is 19.3 Å². The molecule has 1 fully saturated rings. The molecule has 2 unspecified atom stereocenters. The molecule has 2 atom stereocenters. The van der Waals surface area contributed by atoms with Crippen LogP contribution in [0.15, 0.2) is 29.3 Å². The summed E-state index contributed by atoms with van der Waals surface area (Å²) in [5.74, 6) is 2.25. The molecule has 0 bridgehead atoms.